The third-order valence-corrected chi connectivity index (χ3v) is 5.93. The van der Waals surface area contributed by atoms with Crippen LogP contribution in [0.4, 0.5) is 20.2 Å². The van der Waals surface area contributed by atoms with Crippen LogP contribution >= 0.6 is 0 Å². The molecule has 0 bridgehead atoms. The van der Waals surface area contributed by atoms with Crippen LogP contribution in [0.25, 0.3) is 0 Å². The van der Waals surface area contributed by atoms with Gasteiger partial charge in [-0.3, -0.25) is 4.79 Å². The van der Waals surface area contributed by atoms with Gasteiger partial charge in [0.1, 0.15) is 0 Å². The van der Waals surface area contributed by atoms with Crippen LogP contribution in [-0.2, 0) is 14.8 Å². The lowest BCUT2D eigenvalue weighted by Crippen LogP contribution is -2.28. The number of nitrogens with one attached hydrogen (secondary N) is 2. The number of para-hydroxylation sites is 2. The molecule has 1 aliphatic rings. The van der Waals surface area contributed by atoms with Crippen molar-refractivity contribution < 1.29 is 22.0 Å². The highest BCUT2D eigenvalue weighted by Crippen LogP contribution is 2.28. The number of benzene rings is 2. The monoisotopic (exact) mass is 409 g/mol. The van der Waals surface area contributed by atoms with Crippen LogP contribution < -0.4 is 14.9 Å². The molecule has 3 rings (SSSR count). The van der Waals surface area contributed by atoms with E-state index >= 15 is 0 Å². The maximum absolute atomic E-state index is 13.2. The van der Waals surface area contributed by atoms with E-state index in [1.165, 1.54) is 0 Å². The molecule has 2 N–H and O–H groups in total. The number of hydrogen-bond acceptors (Lipinski definition) is 4. The number of carbonyl (C=O) groups is 1. The molecule has 0 spiro atoms. The second kappa shape index (κ2) is 8.66. The van der Waals surface area contributed by atoms with E-state index in [0.717, 1.165) is 43.8 Å². The lowest BCUT2D eigenvalue weighted by Gasteiger charge is -2.21. The van der Waals surface area contributed by atoms with Crippen molar-refractivity contribution in [1.82, 2.24) is 4.72 Å². The van der Waals surface area contributed by atoms with Crippen LogP contribution in [0.3, 0.4) is 0 Å². The number of halogens is 2. The Morgan fingerprint density at radius 1 is 1.04 bits per heavy atom. The minimum Gasteiger partial charge on any atom is -0.370 e. The maximum atomic E-state index is 13.2. The number of anilines is 2. The summed E-state index contributed by atoms with van der Waals surface area (Å²) in [7, 11) is -4.03. The summed E-state index contributed by atoms with van der Waals surface area (Å²) in [6.07, 6.45) is 2.11. The van der Waals surface area contributed by atoms with Gasteiger partial charge in [-0.25, -0.2) is 21.9 Å². The third kappa shape index (κ3) is 4.85. The lowest BCUT2D eigenvalue weighted by atomic mass is 10.2. The molecule has 2 aromatic carbocycles. The minimum atomic E-state index is -4.03. The summed E-state index contributed by atoms with van der Waals surface area (Å²) in [5.74, 6) is -2.73. The SMILES string of the molecule is O=C(CCNS(=O)(=O)c1ccc(F)c(F)c1)Nc1ccccc1N1CCCC1. The van der Waals surface area contributed by atoms with Crippen LogP contribution in [0.1, 0.15) is 19.3 Å². The van der Waals surface area contributed by atoms with E-state index in [0.29, 0.717) is 11.8 Å². The Balaban J connectivity index is 1.57. The average molecular weight is 409 g/mol. The molecule has 0 aromatic heterocycles. The number of hydrogen-bond donors (Lipinski definition) is 2. The Hall–Kier alpha value is -2.52. The molecule has 1 amide bonds. The number of nitrogens with zero attached hydrogens (tertiary/aromatic N) is 1. The lowest BCUT2D eigenvalue weighted by molar-refractivity contribution is -0.116. The Morgan fingerprint density at radius 3 is 2.46 bits per heavy atom. The molecule has 1 aliphatic heterocycles. The highest BCUT2D eigenvalue weighted by molar-refractivity contribution is 7.89. The molecular formula is C19H21F2N3O3S. The highest BCUT2D eigenvalue weighted by Gasteiger charge is 2.18. The largest absolute Gasteiger partial charge is 0.370 e. The third-order valence-electron chi connectivity index (χ3n) is 4.47. The van der Waals surface area contributed by atoms with Crippen LogP contribution in [0.15, 0.2) is 47.4 Å². The zero-order valence-corrected chi connectivity index (χ0v) is 15.9. The average Bonchev–Trinajstić information content (AvgIpc) is 3.18. The molecule has 0 aliphatic carbocycles. The quantitative estimate of drug-likeness (QED) is 0.737. The summed E-state index contributed by atoms with van der Waals surface area (Å²) in [6.45, 7) is 1.70. The number of amides is 1. The molecule has 6 nitrogen and oxygen atoms in total. The van der Waals surface area contributed by atoms with Crippen molar-refractivity contribution in [2.45, 2.75) is 24.2 Å². The zero-order valence-electron chi connectivity index (χ0n) is 15.1. The van der Waals surface area contributed by atoms with E-state index in [4.69, 9.17) is 0 Å². The van der Waals surface area contributed by atoms with Crippen molar-refractivity contribution in [2.24, 2.45) is 0 Å². The van der Waals surface area contributed by atoms with Gasteiger partial charge in [0.15, 0.2) is 11.6 Å². The van der Waals surface area contributed by atoms with E-state index in [1.807, 2.05) is 18.2 Å². The molecule has 0 saturated carbocycles. The first kappa shape index (κ1) is 20.2. The van der Waals surface area contributed by atoms with E-state index in [1.54, 1.807) is 6.07 Å². The smallest absolute Gasteiger partial charge is 0.240 e. The van der Waals surface area contributed by atoms with Gasteiger partial charge in [0.2, 0.25) is 15.9 Å². The van der Waals surface area contributed by atoms with Crippen LogP contribution in [0.2, 0.25) is 0 Å². The van der Waals surface area contributed by atoms with Crippen molar-refractivity contribution in [3.8, 4) is 0 Å². The fourth-order valence-electron chi connectivity index (χ4n) is 3.05. The summed E-state index contributed by atoms with van der Waals surface area (Å²) in [4.78, 5) is 14.0. The fraction of sp³-hybridized carbons (Fsp3) is 0.316. The van der Waals surface area contributed by atoms with Crippen molar-refractivity contribution in [3.05, 3.63) is 54.1 Å². The Labute approximate surface area is 162 Å². The molecule has 2 aromatic rings. The Bertz CT molecular complexity index is 961. The van der Waals surface area contributed by atoms with Gasteiger partial charge in [-0.1, -0.05) is 12.1 Å². The molecule has 1 fully saturated rings. The molecule has 0 atom stereocenters. The van der Waals surface area contributed by atoms with Gasteiger partial charge in [-0.2, -0.15) is 0 Å². The molecule has 0 radical (unpaired) electrons. The van der Waals surface area contributed by atoms with Crippen LogP contribution in [0.5, 0.6) is 0 Å². The topological polar surface area (TPSA) is 78.5 Å². The van der Waals surface area contributed by atoms with E-state index in [2.05, 4.69) is 14.9 Å². The zero-order chi connectivity index (χ0) is 20.1. The number of rotatable bonds is 7. The van der Waals surface area contributed by atoms with Gasteiger partial charge >= 0.3 is 0 Å². The molecule has 0 unspecified atom stereocenters. The summed E-state index contributed by atoms with van der Waals surface area (Å²) in [6, 6.07) is 9.77. The van der Waals surface area contributed by atoms with Crippen molar-refractivity contribution >= 4 is 27.3 Å². The Kier molecular flexibility index (Phi) is 6.25. The van der Waals surface area contributed by atoms with E-state index < -0.39 is 26.6 Å². The predicted molar refractivity (Wildman–Crippen MR) is 103 cm³/mol. The normalized spacial score (nSPS) is 14.3. The van der Waals surface area contributed by atoms with E-state index in [-0.39, 0.29) is 18.9 Å². The van der Waals surface area contributed by atoms with Crippen molar-refractivity contribution in [1.29, 1.82) is 0 Å². The molecule has 1 saturated heterocycles. The number of carbonyl (C=O) groups excluding carboxylic acids is 1. The van der Waals surface area contributed by atoms with Gasteiger partial charge in [0, 0.05) is 26.1 Å². The molecule has 1 heterocycles. The van der Waals surface area contributed by atoms with Gasteiger partial charge in [0.05, 0.1) is 16.3 Å². The van der Waals surface area contributed by atoms with Gasteiger partial charge in [0.25, 0.3) is 0 Å². The Morgan fingerprint density at radius 2 is 1.75 bits per heavy atom. The maximum Gasteiger partial charge on any atom is 0.240 e. The summed E-state index contributed by atoms with van der Waals surface area (Å²) in [5.41, 5.74) is 1.62. The van der Waals surface area contributed by atoms with Crippen molar-refractivity contribution in [3.63, 3.8) is 0 Å². The second-order valence-electron chi connectivity index (χ2n) is 6.48. The highest BCUT2D eigenvalue weighted by atomic mass is 32.2. The van der Waals surface area contributed by atoms with Gasteiger partial charge in [-0.05, 0) is 43.2 Å². The fourth-order valence-corrected chi connectivity index (χ4v) is 4.10. The standard InChI is InChI=1S/C19H21F2N3O3S/c20-15-8-7-14(13-16(15)21)28(26,27)22-10-9-19(25)23-17-5-1-2-6-18(17)24-11-3-4-12-24/h1-2,5-8,13,22H,3-4,9-12H2,(H,23,25). The first-order valence-corrected chi connectivity index (χ1v) is 10.4. The first-order valence-electron chi connectivity index (χ1n) is 8.95. The van der Waals surface area contributed by atoms with Crippen LogP contribution in [-0.4, -0.2) is 34.0 Å². The molecule has 9 heteroatoms. The molecule has 150 valence electrons. The molecular weight excluding hydrogens is 388 g/mol. The second-order valence-corrected chi connectivity index (χ2v) is 8.25. The minimum absolute atomic E-state index is 0.1000. The van der Waals surface area contributed by atoms with Gasteiger partial charge < -0.3 is 10.2 Å². The van der Waals surface area contributed by atoms with Crippen LogP contribution in [0, 0.1) is 11.6 Å². The number of sulfonamides is 1. The molecule has 28 heavy (non-hydrogen) atoms. The summed E-state index contributed by atoms with van der Waals surface area (Å²) >= 11 is 0. The summed E-state index contributed by atoms with van der Waals surface area (Å²) in [5, 5.41) is 2.81. The van der Waals surface area contributed by atoms with Gasteiger partial charge in [-0.15, -0.1) is 0 Å². The predicted octanol–water partition coefficient (Wildman–Crippen LogP) is 2.87. The first-order chi connectivity index (χ1) is 13.4. The summed E-state index contributed by atoms with van der Waals surface area (Å²) < 4.78 is 52.7. The van der Waals surface area contributed by atoms with Crippen molar-refractivity contribution in [2.75, 3.05) is 29.9 Å². The van der Waals surface area contributed by atoms with E-state index in [9.17, 15) is 22.0 Å².